The fourth-order valence-corrected chi connectivity index (χ4v) is 4.40. The SMILES string of the molecule is C=C(/C=C\C)CO[C@H]1C[C@@H](COCc2ccccc2)O[C@@H](c2c[nH]c3c(C)cccc23)C1. The van der Waals surface area contributed by atoms with Gasteiger partial charge in [0.15, 0.2) is 0 Å². The number of ether oxygens (including phenoxy) is 3. The van der Waals surface area contributed by atoms with Gasteiger partial charge in [-0.15, -0.1) is 0 Å². The molecule has 0 aliphatic carbocycles. The number of H-pyrrole nitrogens is 1. The maximum atomic E-state index is 6.54. The Morgan fingerprint density at radius 2 is 2.00 bits per heavy atom. The topological polar surface area (TPSA) is 43.5 Å². The molecule has 0 bridgehead atoms. The number of allylic oxidation sites excluding steroid dienone is 1. The molecule has 1 aromatic heterocycles. The smallest absolute Gasteiger partial charge is 0.0875 e. The van der Waals surface area contributed by atoms with Crippen LogP contribution in [0.5, 0.6) is 0 Å². The van der Waals surface area contributed by atoms with Crippen molar-refractivity contribution in [2.45, 2.75) is 51.6 Å². The third kappa shape index (κ3) is 5.57. The Hall–Kier alpha value is -2.66. The van der Waals surface area contributed by atoms with Gasteiger partial charge < -0.3 is 19.2 Å². The fourth-order valence-electron chi connectivity index (χ4n) is 4.40. The molecule has 3 aromatic rings. The molecule has 1 N–H and O–H groups in total. The van der Waals surface area contributed by atoms with E-state index in [0.29, 0.717) is 19.8 Å². The van der Waals surface area contributed by atoms with Crippen LogP contribution < -0.4 is 0 Å². The summed E-state index contributed by atoms with van der Waals surface area (Å²) in [6.07, 6.45) is 7.75. The summed E-state index contributed by atoms with van der Waals surface area (Å²) in [5.74, 6) is 0. The molecule has 1 aliphatic heterocycles. The quantitative estimate of drug-likeness (QED) is 0.397. The van der Waals surface area contributed by atoms with Crippen LogP contribution in [0.4, 0.5) is 0 Å². The molecule has 2 aromatic carbocycles. The molecular weight excluding hydrogens is 398 g/mol. The van der Waals surface area contributed by atoms with E-state index < -0.39 is 0 Å². The van der Waals surface area contributed by atoms with E-state index >= 15 is 0 Å². The maximum Gasteiger partial charge on any atom is 0.0875 e. The summed E-state index contributed by atoms with van der Waals surface area (Å²) in [6, 6.07) is 16.6. The minimum Gasteiger partial charge on any atom is -0.374 e. The zero-order valence-corrected chi connectivity index (χ0v) is 19.1. The van der Waals surface area contributed by atoms with E-state index in [-0.39, 0.29) is 18.3 Å². The second-order valence-corrected chi connectivity index (χ2v) is 8.55. The van der Waals surface area contributed by atoms with E-state index in [1.54, 1.807) is 0 Å². The lowest BCUT2D eigenvalue weighted by Gasteiger charge is -2.35. The van der Waals surface area contributed by atoms with Crippen LogP contribution in [0.25, 0.3) is 10.9 Å². The van der Waals surface area contributed by atoms with Gasteiger partial charge >= 0.3 is 0 Å². The van der Waals surface area contributed by atoms with Crippen molar-refractivity contribution < 1.29 is 14.2 Å². The van der Waals surface area contributed by atoms with Gasteiger partial charge in [-0.1, -0.05) is 67.3 Å². The van der Waals surface area contributed by atoms with Crippen LogP contribution in [0.3, 0.4) is 0 Å². The number of benzene rings is 2. The van der Waals surface area contributed by atoms with Crippen LogP contribution in [0.2, 0.25) is 0 Å². The van der Waals surface area contributed by atoms with E-state index in [1.165, 1.54) is 27.6 Å². The van der Waals surface area contributed by atoms with E-state index in [9.17, 15) is 0 Å². The molecule has 32 heavy (non-hydrogen) atoms. The van der Waals surface area contributed by atoms with Gasteiger partial charge in [0.05, 0.1) is 38.1 Å². The highest BCUT2D eigenvalue weighted by molar-refractivity contribution is 5.86. The van der Waals surface area contributed by atoms with Gasteiger partial charge in [-0.25, -0.2) is 0 Å². The maximum absolute atomic E-state index is 6.54. The van der Waals surface area contributed by atoms with Crippen LogP contribution in [0.15, 0.2) is 79.0 Å². The van der Waals surface area contributed by atoms with Crippen molar-refractivity contribution in [3.8, 4) is 0 Å². The molecule has 4 rings (SSSR count). The zero-order chi connectivity index (χ0) is 22.3. The van der Waals surface area contributed by atoms with E-state index in [4.69, 9.17) is 14.2 Å². The van der Waals surface area contributed by atoms with E-state index in [0.717, 1.165) is 18.4 Å². The number of hydrogen-bond acceptors (Lipinski definition) is 3. The molecule has 4 heteroatoms. The molecule has 168 valence electrons. The van der Waals surface area contributed by atoms with Crippen molar-refractivity contribution in [3.63, 3.8) is 0 Å². The van der Waals surface area contributed by atoms with Crippen molar-refractivity contribution in [2.24, 2.45) is 0 Å². The summed E-state index contributed by atoms with van der Waals surface area (Å²) in [5.41, 5.74) is 5.75. The van der Waals surface area contributed by atoms with Crippen molar-refractivity contribution in [1.82, 2.24) is 4.98 Å². The van der Waals surface area contributed by atoms with Gasteiger partial charge in [-0.05, 0) is 30.5 Å². The molecule has 0 radical (unpaired) electrons. The van der Waals surface area contributed by atoms with Crippen molar-refractivity contribution in [2.75, 3.05) is 13.2 Å². The largest absolute Gasteiger partial charge is 0.374 e. The molecule has 3 atom stereocenters. The van der Waals surface area contributed by atoms with Crippen molar-refractivity contribution in [3.05, 3.63) is 95.7 Å². The second-order valence-electron chi connectivity index (χ2n) is 8.55. The minimum atomic E-state index is -0.0374. The summed E-state index contributed by atoms with van der Waals surface area (Å²) in [5, 5.41) is 1.22. The van der Waals surface area contributed by atoms with Crippen LogP contribution >= 0.6 is 0 Å². The number of rotatable bonds is 9. The molecule has 2 heterocycles. The number of nitrogens with one attached hydrogen (secondary N) is 1. The molecule has 0 spiro atoms. The summed E-state index contributed by atoms with van der Waals surface area (Å²) in [7, 11) is 0. The first kappa shape index (κ1) is 22.5. The predicted octanol–water partition coefficient (Wildman–Crippen LogP) is 6.43. The van der Waals surface area contributed by atoms with Crippen LogP contribution in [-0.4, -0.2) is 30.4 Å². The normalized spacial score (nSPS) is 21.4. The van der Waals surface area contributed by atoms with Crippen LogP contribution in [-0.2, 0) is 20.8 Å². The number of aryl methyl sites for hydroxylation is 1. The van der Waals surface area contributed by atoms with Gasteiger partial charge in [-0.2, -0.15) is 0 Å². The molecule has 1 aliphatic rings. The highest BCUT2D eigenvalue weighted by Crippen LogP contribution is 2.37. The lowest BCUT2D eigenvalue weighted by atomic mass is 9.95. The summed E-state index contributed by atoms with van der Waals surface area (Å²) in [4.78, 5) is 3.44. The Morgan fingerprint density at radius 1 is 1.16 bits per heavy atom. The van der Waals surface area contributed by atoms with Gasteiger partial charge in [0.1, 0.15) is 0 Å². The Balaban J connectivity index is 1.47. The Labute approximate surface area is 190 Å². The van der Waals surface area contributed by atoms with E-state index in [1.807, 2.05) is 37.3 Å². The lowest BCUT2D eigenvalue weighted by molar-refractivity contribution is -0.136. The second kappa shape index (κ2) is 10.8. The van der Waals surface area contributed by atoms with E-state index in [2.05, 4.69) is 55.0 Å². The zero-order valence-electron chi connectivity index (χ0n) is 19.1. The number of aromatic amines is 1. The first-order valence-corrected chi connectivity index (χ1v) is 11.4. The molecule has 0 unspecified atom stereocenters. The van der Waals surface area contributed by atoms with Crippen molar-refractivity contribution >= 4 is 10.9 Å². The Morgan fingerprint density at radius 3 is 2.81 bits per heavy atom. The molecule has 1 saturated heterocycles. The van der Waals surface area contributed by atoms with Gasteiger partial charge in [-0.3, -0.25) is 0 Å². The Bertz CT molecular complexity index is 1050. The summed E-state index contributed by atoms with van der Waals surface area (Å²) >= 11 is 0. The highest BCUT2D eigenvalue weighted by atomic mass is 16.5. The van der Waals surface area contributed by atoms with Crippen LogP contribution in [0, 0.1) is 6.92 Å². The van der Waals surface area contributed by atoms with Gasteiger partial charge in [0.2, 0.25) is 0 Å². The predicted molar refractivity (Wildman–Crippen MR) is 130 cm³/mol. The van der Waals surface area contributed by atoms with Crippen LogP contribution in [0.1, 0.15) is 42.6 Å². The molecule has 1 fully saturated rings. The molecule has 4 nitrogen and oxygen atoms in total. The number of fused-ring (bicyclic) bond motifs is 1. The summed E-state index contributed by atoms with van der Waals surface area (Å²) < 4.78 is 18.8. The monoisotopic (exact) mass is 431 g/mol. The molecule has 0 saturated carbocycles. The third-order valence-corrected chi connectivity index (χ3v) is 5.98. The van der Waals surface area contributed by atoms with Crippen molar-refractivity contribution in [1.29, 1.82) is 0 Å². The first-order chi connectivity index (χ1) is 15.6. The van der Waals surface area contributed by atoms with Gasteiger partial charge in [0, 0.05) is 35.5 Å². The minimum absolute atomic E-state index is 0.0211. The summed E-state index contributed by atoms with van der Waals surface area (Å²) in [6.45, 7) is 9.86. The molecule has 0 amide bonds. The molecular formula is C28H33NO3. The average molecular weight is 432 g/mol. The number of para-hydroxylation sites is 1. The number of aromatic nitrogens is 1. The fraction of sp³-hybridized carbons (Fsp3) is 0.357. The van der Waals surface area contributed by atoms with Gasteiger partial charge in [0.25, 0.3) is 0 Å². The standard InChI is InChI=1S/C28H33NO3/c1-4-9-20(2)17-31-23-14-24(19-30-18-22-11-6-5-7-12-22)32-27(15-23)26-16-29-28-21(3)10-8-13-25(26)28/h4-13,16,23-24,27,29H,2,14-15,17-19H2,1,3H3/b9-4-/t23-,24-,27+/m0/s1. The first-order valence-electron chi connectivity index (χ1n) is 11.4. The lowest BCUT2D eigenvalue weighted by Crippen LogP contribution is -2.36. The highest BCUT2D eigenvalue weighted by Gasteiger charge is 2.32. The number of hydrogen-bond donors (Lipinski definition) is 1. The average Bonchev–Trinajstić information content (AvgIpc) is 3.24. The Kier molecular flexibility index (Phi) is 7.59. The third-order valence-electron chi connectivity index (χ3n) is 5.98.